The molecular weight excluding hydrogens is 378 g/mol. The second kappa shape index (κ2) is 14.3. The summed E-state index contributed by atoms with van der Waals surface area (Å²) in [5.41, 5.74) is -1.08. The van der Waals surface area contributed by atoms with Crippen LogP contribution in [0.2, 0.25) is 0 Å². The molecule has 0 amide bonds. The predicted octanol–water partition coefficient (Wildman–Crippen LogP) is 4.83. The molecule has 28 heavy (non-hydrogen) atoms. The Morgan fingerprint density at radius 1 is 1.04 bits per heavy atom. The van der Waals surface area contributed by atoms with E-state index in [0.29, 0.717) is 0 Å². The summed E-state index contributed by atoms with van der Waals surface area (Å²) in [4.78, 5) is 14.2. The van der Waals surface area contributed by atoms with Gasteiger partial charge in [-0.05, 0) is 33.7 Å². The van der Waals surface area contributed by atoms with Gasteiger partial charge in [-0.25, -0.2) is 0 Å². The van der Waals surface area contributed by atoms with E-state index in [2.05, 4.69) is 6.92 Å². The summed E-state index contributed by atoms with van der Waals surface area (Å²) in [6.07, 6.45) is 13.7. The average Bonchev–Trinajstić information content (AvgIpc) is 2.65. The Bertz CT molecular complexity index is 523. The van der Waals surface area contributed by atoms with E-state index < -0.39 is 27.4 Å². The molecule has 168 valence electrons. The summed E-state index contributed by atoms with van der Waals surface area (Å²) < 4.78 is 36.2. The Labute approximate surface area is 173 Å². The van der Waals surface area contributed by atoms with E-state index in [1.165, 1.54) is 64.9 Å². The van der Waals surface area contributed by atoms with Crippen LogP contribution < -0.4 is 0 Å². The van der Waals surface area contributed by atoms with Crippen molar-refractivity contribution in [2.75, 3.05) is 19.9 Å². The van der Waals surface area contributed by atoms with Crippen LogP contribution in [0, 0.1) is 0 Å². The van der Waals surface area contributed by atoms with Crippen LogP contribution in [-0.2, 0) is 19.6 Å². The number of methoxy groups -OCH3 is 1. The van der Waals surface area contributed by atoms with Crippen LogP contribution in [0.4, 0.5) is 0 Å². The van der Waals surface area contributed by atoms with Crippen LogP contribution in [-0.4, -0.2) is 55.3 Å². The van der Waals surface area contributed by atoms with Crippen LogP contribution in [0.5, 0.6) is 0 Å². The van der Waals surface area contributed by atoms with Crippen molar-refractivity contribution in [3.8, 4) is 0 Å². The molecule has 0 bridgehead atoms. The average molecular weight is 422 g/mol. The first kappa shape index (κ1) is 27.3. The highest BCUT2D eigenvalue weighted by Crippen LogP contribution is 2.25. The number of carbonyl (C=O) groups is 1. The van der Waals surface area contributed by atoms with Gasteiger partial charge < -0.3 is 4.74 Å². The van der Waals surface area contributed by atoms with Crippen molar-refractivity contribution in [1.82, 2.24) is 4.90 Å². The fourth-order valence-corrected chi connectivity index (χ4v) is 4.23. The van der Waals surface area contributed by atoms with Crippen molar-refractivity contribution in [3.63, 3.8) is 0 Å². The lowest BCUT2D eigenvalue weighted by molar-refractivity contribution is -0.155. The molecular formula is C21H43NO5S. The normalized spacial score (nSPS) is 15.4. The molecule has 0 aliphatic rings. The number of ether oxygens (including phenoxy) is 1. The van der Waals surface area contributed by atoms with Gasteiger partial charge in [-0.15, -0.1) is 0 Å². The van der Waals surface area contributed by atoms with Crippen LogP contribution in [0.3, 0.4) is 0 Å². The van der Waals surface area contributed by atoms with Gasteiger partial charge in [0.1, 0.15) is 5.54 Å². The zero-order chi connectivity index (χ0) is 21.6. The smallest absolute Gasteiger partial charge is 0.326 e. The maximum atomic E-state index is 12.3. The third-order valence-corrected chi connectivity index (χ3v) is 6.61. The van der Waals surface area contributed by atoms with Gasteiger partial charge >= 0.3 is 5.97 Å². The van der Waals surface area contributed by atoms with Gasteiger partial charge in [0.15, 0.2) is 0 Å². The number of hydrogen-bond donors (Lipinski definition) is 1. The monoisotopic (exact) mass is 421 g/mol. The summed E-state index contributed by atoms with van der Waals surface area (Å²) in [5, 5.41) is 0. The van der Waals surface area contributed by atoms with Crippen molar-refractivity contribution >= 4 is 16.1 Å². The maximum Gasteiger partial charge on any atom is 0.326 e. The molecule has 0 heterocycles. The first-order valence-corrected chi connectivity index (χ1v) is 12.5. The minimum absolute atomic E-state index is 0.00260. The first-order valence-electron chi connectivity index (χ1n) is 10.8. The third kappa shape index (κ3) is 11.4. The molecule has 0 radical (unpaired) electrons. The lowest BCUT2D eigenvalue weighted by Crippen LogP contribution is -2.55. The summed E-state index contributed by atoms with van der Waals surface area (Å²) in [6.45, 7) is 5.96. The number of carbonyl (C=O) groups excluding carboxylic acids is 1. The second-order valence-corrected chi connectivity index (χ2v) is 9.80. The molecule has 0 saturated carbocycles. The molecule has 0 rings (SSSR count). The Kier molecular flexibility index (Phi) is 14.0. The quantitative estimate of drug-likeness (QED) is 0.206. The van der Waals surface area contributed by atoms with E-state index in [1.54, 1.807) is 6.92 Å². The van der Waals surface area contributed by atoms with Crippen molar-refractivity contribution in [3.05, 3.63) is 0 Å². The number of rotatable bonds is 17. The molecule has 2 atom stereocenters. The van der Waals surface area contributed by atoms with E-state index in [9.17, 15) is 13.2 Å². The number of nitrogens with zero attached hydrogens (tertiary/aromatic N) is 1. The third-order valence-electron chi connectivity index (χ3n) is 5.89. The molecule has 6 nitrogen and oxygen atoms in total. The fourth-order valence-electron chi connectivity index (χ4n) is 3.58. The van der Waals surface area contributed by atoms with Gasteiger partial charge in [0.05, 0.1) is 12.9 Å². The van der Waals surface area contributed by atoms with Crippen LogP contribution >= 0.6 is 0 Å². The second-order valence-electron chi connectivity index (χ2n) is 8.23. The van der Waals surface area contributed by atoms with Gasteiger partial charge in [-0.1, -0.05) is 71.1 Å². The SMILES string of the molecule is CCCCCCCCCCCCC(C)N(C)C(C)(CCS(=O)(=O)O)C(=O)OC. The highest BCUT2D eigenvalue weighted by molar-refractivity contribution is 7.85. The van der Waals surface area contributed by atoms with Crippen LogP contribution in [0.25, 0.3) is 0 Å². The molecule has 0 fully saturated rings. The largest absolute Gasteiger partial charge is 0.468 e. The summed E-state index contributed by atoms with van der Waals surface area (Å²) in [5.74, 6) is -0.943. The number of unbranched alkanes of at least 4 members (excludes halogenated alkanes) is 9. The van der Waals surface area contributed by atoms with Crippen molar-refractivity contribution in [2.45, 2.75) is 109 Å². The Hall–Kier alpha value is -0.660. The van der Waals surface area contributed by atoms with Gasteiger partial charge in [0, 0.05) is 6.04 Å². The van der Waals surface area contributed by atoms with Gasteiger partial charge in [0.2, 0.25) is 0 Å². The van der Waals surface area contributed by atoms with Crippen molar-refractivity contribution in [2.24, 2.45) is 0 Å². The van der Waals surface area contributed by atoms with E-state index in [1.807, 2.05) is 18.9 Å². The number of esters is 1. The first-order chi connectivity index (χ1) is 13.1. The van der Waals surface area contributed by atoms with E-state index in [0.717, 1.165) is 12.8 Å². The van der Waals surface area contributed by atoms with Gasteiger partial charge in [-0.3, -0.25) is 14.2 Å². The molecule has 1 N–H and O–H groups in total. The molecule has 0 saturated heterocycles. The zero-order valence-corrected chi connectivity index (χ0v) is 19.5. The zero-order valence-electron chi connectivity index (χ0n) is 18.7. The minimum atomic E-state index is -4.13. The highest BCUT2D eigenvalue weighted by Gasteiger charge is 2.41. The maximum absolute atomic E-state index is 12.3. The molecule has 0 aromatic rings. The molecule has 0 aromatic carbocycles. The topological polar surface area (TPSA) is 83.9 Å². The molecule has 0 spiro atoms. The lowest BCUT2D eigenvalue weighted by atomic mass is 9.93. The summed E-state index contributed by atoms with van der Waals surface area (Å²) in [6, 6.07) is 0.111. The highest BCUT2D eigenvalue weighted by atomic mass is 32.2. The molecule has 7 heteroatoms. The molecule has 0 aliphatic carbocycles. The van der Waals surface area contributed by atoms with Gasteiger partial charge in [0.25, 0.3) is 10.1 Å². The Morgan fingerprint density at radius 2 is 1.50 bits per heavy atom. The molecule has 0 aliphatic heterocycles. The van der Waals surface area contributed by atoms with Gasteiger partial charge in [-0.2, -0.15) is 8.42 Å². The van der Waals surface area contributed by atoms with Crippen LogP contribution in [0.15, 0.2) is 0 Å². The van der Waals surface area contributed by atoms with E-state index >= 15 is 0 Å². The Morgan fingerprint density at radius 3 is 1.93 bits per heavy atom. The van der Waals surface area contributed by atoms with Crippen LogP contribution in [0.1, 0.15) is 97.8 Å². The number of likely N-dealkylation sites (N-methyl/N-ethyl adjacent to an activating group) is 1. The van der Waals surface area contributed by atoms with Crippen molar-refractivity contribution in [1.29, 1.82) is 0 Å². The molecule has 0 aromatic heterocycles. The number of hydrogen-bond acceptors (Lipinski definition) is 5. The fraction of sp³-hybridized carbons (Fsp3) is 0.952. The Balaban J connectivity index is 4.29. The minimum Gasteiger partial charge on any atom is -0.468 e. The summed E-state index contributed by atoms with van der Waals surface area (Å²) >= 11 is 0. The van der Waals surface area contributed by atoms with E-state index in [-0.39, 0.29) is 12.5 Å². The predicted molar refractivity (Wildman–Crippen MR) is 115 cm³/mol. The standard InChI is InChI=1S/C21H43NO5S/c1-6-7-8-9-10-11-12-13-14-15-16-19(2)22(4)21(3,20(23)27-5)17-18-28(24,25)26/h19H,6-18H2,1-5H3,(H,24,25,26). The lowest BCUT2D eigenvalue weighted by Gasteiger charge is -2.40. The van der Waals surface area contributed by atoms with E-state index in [4.69, 9.17) is 9.29 Å². The summed E-state index contributed by atoms with van der Waals surface area (Å²) in [7, 11) is -1.01. The molecule has 2 unspecified atom stereocenters. The van der Waals surface area contributed by atoms with Crippen molar-refractivity contribution < 1.29 is 22.5 Å².